The van der Waals surface area contributed by atoms with Crippen molar-refractivity contribution >= 4 is 5.65 Å². The van der Waals surface area contributed by atoms with Crippen molar-refractivity contribution in [3.63, 3.8) is 0 Å². The second-order valence-electron chi connectivity index (χ2n) is 2.78. The Morgan fingerprint density at radius 2 is 2.33 bits per heavy atom. The Bertz CT molecular complexity index is 391. The van der Waals surface area contributed by atoms with Crippen molar-refractivity contribution in [1.82, 2.24) is 14.4 Å². The Morgan fingerprint density at radius 1 is 1.50 bits per heavy atom. The highest BCUT2D eigenvalue weighted by Gasteiger charge is 2.05. The van der Waals surface area contributed by atoms with Crippen molar-refractivity contribution in [2.45, 2.75) is 13.0 Å². The Balaban J connectivity index is 2.70. The third-order valence-electron chi connectivity index (χ3n) is 1.81. The minimum absolute atomic E-state index is 0.00222. The highest BCUT2D eigenvalue weighted by Crippen LogP contribution is 2.10. The molecule has 0 aliphatic heterocycles. The van der Waals surface area contributed by atoms with E-state index in [0.717, 1.165) is 11.3 Å². The van der Waals surface area contributed by atoms with Crippen LogP contribution >= 0.6 is 0 Å². The van der Waals surface area contributed by atoms with Gasteiger partial charge in [0.1, 0.15) is 0 Å². The minimum Gasteiger partial charge on any atom is -0.323 e. The molecule has 12 heavy (non-hydrogen) atoms. The number of imidazole rings is 1. The first kappa shape index (κ1) is 7.24. The summed E-state index contributed by atoms with van der Waals surface area (Å²) < 4.78 is 1.94. The second-order valence-corrected chi connectivity index (χ2v) is 2.78. The summed E-state index contributed by atoms with van der Waals surface area (Å²) in [7, 11) is 0. The summed E-state index contributed by atoms with van der Waals surface area (Å²) in [5, 5.41) is 0. The Labute approximate surface area is 70.1 Å². The average Bonchev–Trinajstić information content (AvgIpc) is 2.47. The van der Waals surface area contributed by atoms with Crippen LogP contribution in [0, 0.1) is 0 Å². The molecule has 2 rings (SSSR count). The standard InChI is InChI=1S/C8H10N4/c1-6(9)7-4-11-8-5-10-2-3-12(7)8/h2-6H,9H2,1H3/t6-/m1/s1. The molecule has 0 aliphatic rings. The maximum atomic E-state index is 5.74. The van der Waals surface area contributed by atoms with Crippen molar-refractivity contribution < 1.29 is 0 Å². The molecule has 0 unspecified atom stereocenters. The van der Waals surface area contributed by atoms with Gasteiger partial charge in [-0.2, -0.15) is 0 Å². The van der Waals surface area contributed by atoms with E-state index in [1.165, 1.54) is 0 Å². The van der Waals surface area contributed by atoms with Crippen molar-refractivity contribution in [3.8, 4) is 0 Å². The molecule has 0 aliphatic carbocycles. The van der Waals surface area contributed by atoms with Crippen LogP contribution in [0.25, 0.3) is 5.65 Å². The number of nitrogens with zero attached hydrogens (tertiary/aromatic N) is 3. The van der Waals surface area contributed by atoms with E-state index in [4.69, 9.17) is 5.73 Å². The van der Waals surface area contributed by atoms with E-state index >= 15 is 0 Å². The zero-order chi connectivity index (χ0) is 8.55. The lowest BCUT2D eigenvalue weighted by Gasteiger charge is -2.02. The topological polar surface area (TPSA) is 56.2 Å². The molecule has 2 aromatic heterocycles. The van der Waals surface area contributed by atoms with Crippen molar-refractivity contribution in [3.05, 3.63) is 30.5 Å². The normalized spacial score (nSPS) is 13.5. The van der Waals surface area contributed by atoms with Crippen LogP contribution in [0.3, 0.4) is 0 Å². The first-order valence-electron chi connectivity index (χ1n) is 3.81. The van der Waals surface area contributed by atoms with Gasteiger partial charge in [-0.25, -0.2) is 4.98 Å². The summed E-state index contributed by atoms with van der Waals surface area (Å²) in [6, 6.07) is 0.00222. The number of hydrogen-bond donors (Lipinski definition) is 1. The maximum absolute atomic E-state index is 5.74. The molecule has 4 nitrogen and oxygen atoms in total. The smallest absolute Gasteiger partial charge is 0.155 e. The van der Waals surface area contributed by atoms with Crippen LogP contribution in [-0.2, 0) is 0 Å². The lowest BCUT2D eigenvalue weighted by molar-refractivity contribution is 0.768. The SMILES string of the molecule is C[C@@H](N)c1cnc2cnccn12. The molecule has 0 fully saturated rings. The third kappa shape index (κ3) is 0.967. The van der Waals surface area contributed by atoms with Crippen LogP contribution in [0.5, 0.6) is 0 Å². The van der Waals surface area contributed by atoms with Gasteiger partial charge in [0.2, 0.25) is 0 Å². The molecule has 0 bridgehead atoms. The van der Waals surface area contributed by atoms with Gasteiger partial charge in [0.15, 0.2) is 5.65 Å². The van der Waals surface area contributed by atoms with Crippen molar-refractivity contribution in [2.75, 3.05) is 0 Å². The molecule has 0 saturated heterocycles. The number of rotatable bonds is 1. The minimum atomic E-state index is 0.00222. The van der Waals surface area contributed by atoms with Crippen LogP contribution in [0.4, 0.5) is 0 Å². The number of fused-ring (bicyclic) bond motifs is 1. The van der Waals surface area contributed by atoms with E-state index in [1.54, 1.807) is 18.6 Å². The Hall–Kier alpha value is -1.42. The fourth-order valence-corrected chi connectivity index (χ4v) is 1.20. The number of nitrogens with two attached hydrogens (primary N) is 1. The van der Waals surface area contributed by atoms with Gasteiger partial charge >= 0.3 is 0 Å². The molecule has 2 N–H and O–H groups in total. The molecular formula is C8H10N4. The predicted molar refractivity (Wildman–Crippen MR) is 45.6 cm³/mol. The molecule has 1 atom stereocenters. The summed E-state index contributed by atoms with van der Waals surface area (Å²) in [5.41, 5.74) is 7.59. The van der Waals surface area contributed by atoms with Gasteiger partial charge in [0.25, 0.3) is 0 Å². The van der Waals surface area contributed by atoms with E-state index in [0.29, 0.717) is 0 Å². The predicted octanol–water partition coefficient (Wildman–Crippen LogP) is 0.749. The lowest BCUT2D eigenvalue weighted by Crippen LogP contribution is -2.07. The van der Waals surface area contributed by atoms with E-state index in [2.05, 4.69) is 9.97 Å². The fourth-order valence-electron chi connectivity index (χ4n) is 1.20. The highest BCUT2D eigenvalue weighted by molar-refractivity contribution is 5.37. The fraction of sp³-hybridized carbons (Fsp3) is 0.250. The number of aromatic nitrogens is 3. The molecule has 4 heteroatoms. The summed E-state index contributed by atoms with van der Waals surface area (Å²) in [4.78, 5) is 8.12. The molecule has 62 valence electrons. The second kappa shape index (κ2) is 2.57. The van der Waals surface area contributed by atoms with E-state index in [1.807, 2.05) is 17.5 Å². The largest absolute Gasteiger partial charge is 0.323 e. The van der Waals surface area contributed by atoms with Crippen molar-refractivity contribution in [2.24, 2.45) is 5.73 Å². The molecule has 2 heterocycles. The molecular weight excluding hydrogens is 152 g/mol. The third-order valence-corrected chi connectivity index (χ3v) is 1.81. The molecule has 0 radical (unpaired) electrons. The van der Waals surface area contributed by atoms with Gasteiger partial charge in [0, 0.05) is 18.4 Å². The van der Waals surface area contributed by atoms with Crippen LogP contribution in [0.2, 0.25) is 0 Å². The lowest BCUT2D eigenvalue weighted by atomic mass is 10.3. The van der Waals surface area contributed by atoms with Crippen LogP contribution in [-0.4, -0.2) is 14.4 Å². The quantitative estimate of drug-likeness (QED) is 0.673. The Kier molecular flexibility index (Phi) is 1.55. The van der Waals surface area contributed by atoms with Gasteiger partial charge in [-0.1, -0.05) is 0 Å². The zero-order valence-electron chi connectivity index (χ0n) is 6.81. The van der Waals surface area contributed by atoms with Gasteiger partial charge in [0.05, 0.1) is 18.1 Å². The summed E-state index contributed by atoms with van der Waals surface area (Å²) in [6.45, 7) is 1.93. The maximum Gasteiger partial charge on any atom is 0.155 e. The summed E-state index contributed by atoms with van der Waals surface area (Å²) >= 11 is 0. The van der Waals surface area contributed by atoms with Gasteiger partial charge in [-0.15, -0.1) is 0 Å². The molecule has 0 saturated carbocycles. The Morgan fingerprint density at radius 3 is 3.08 bits per heavy atom. The number of hydrogen-bond acceptors (Lipinski definition) is 3. The molecule has 0 amide bonds. The van der Waals surface area contributed by atoms with Crippen LogP contribution < -0.4 is 5.73 Å². The van der Waals surface area contributed by atoms with E-state index in [9.17, 15) is 0 Å². The van der Waals surface area contributed by atoms with Gasteiger partial charge in [-0.3, -0.25) is 9.38 Å². The molecule has 0 aromatic carbocycles. The van der Waals surface area contributed by atoms with Gasteiger partial charge < -0.3 is 5.73 Å². The zero-order valence-corrected chi connectivity index (χ0v) is 6.81. The molecule has 2 aromatic rings. The van der Waals surface area contributed by atoms with Crippen LogP contribution in [0.1, 0.15) is 18.7 Å². The van der Waals surface area contributed by atoms with E-state index in [-0.39, 0.29) is 6.04 Å². The average molecular weight is 162 g/mol. The van der Waals surface area contributed by atoms with Crippen molar-refractivity contribution in [1.29, 1.82) is 0 Å². The first-order valence-corrected chi connectivity index (χ1v) is 3.81. The monoisotopic (exact) mass is 162 g/mol. The highest BCUT2D eigenvalue weighted by atomic mass is 15.0. The van der Waals surface area contributed by atoms with Crippen LogP contribution in [0.15, 0.2) is 24.8 Å². The van der Waals surface area contributed by atoms with Gasteiger partial charge in [-0.05, 0) is 6.92 Å². The van der Waals surface area contributed by atoms with E-state index < -0.39 is 0 Å². The first-order chi connectivity index (χ1) is 5.79. The summed E-state index contributed by atoms with van der Waals surface area (Å²) in [5.74, 6) is 0. The molecule has 0 spiro atoms. The summed E-state index contributed by atoms with van der Waals surface area (Å²) in [6.07, 6.45) is 7.08.